The highest BCUT2D eigenvalue weighted by Gasteiger charge is 2.37. The number of carbonyl (C=O) groups is 1. The Bertz CT molecular complexity index is 221. The molecule has 0 aromatic rings. The summed E-state index contributed by atoms with van der Waals surface area (Å²) in [7, 11) is 0. The van der Waals surface area contributed by atoms with Crippen LogP contribution in [0.25, 0.3) is 0 Å². The Morgan fingerprint density at radius 2 is 2.07 bits per heavy atom. The quantitative estimate of drug-likeness (QED) is 0.716. The first kappa shape index (κ1) is 9.97. The highest BCUT2D eigenvalue weighted by atomic mass is 16.2. The van der Waals surface area contributed by atoms with Gasteiger partial charge in [0.1, 0.15) is 0 Å². The fraction of sp³-hybridized carbons (Fsp3) is 0.909. The zero-order valence-electron chi connectivity index (χ0n) is 8.91. The van der Waals surface area contributed by atoms with Crippen LogP contribution in [0.3, 0.4) is 0 Å². The van der Waals surface area contributed by atoms with Gasteiger partial charge >= 0.3 is 0 Å². The third-order valence-electron chi connectivity index (χ3n) is 3.18. The van der Waals surface area contributed by atoms with Gasteiger partial charge in [-0.05, 0) is 38.0 Å². The van der Waals surface area contributed by atoms with E-state index in [1.807, 2.05) is 11.8 Å². The van der Waals surface area contributed by atoms with E-state index in [2.05, 4.69) is 0 Å². The average Bonchev–Trinajstić information content (AvgIpc) is 3.02. The minimum atomic E-state index is -0.269. The molecule has 0 aliphatic heterocycles. The Labute approximate surface area is 85.6 Å². The lowest BCUT2D eigenvalue weighted by atomic mass is 10.2. The van der Waals surface area contributed by atoms with Gasteiger partial charge in [0.2, 0.25) is 5.91 Å². The molecule has 3 heteroatoms. The molecule has 14 heavy (non-hydrogen) atoms. The van der Waals surface area contributed by atoms with E-state index in [1.54, 1.807) is 0 Å². The summed E-state index contributed by atoms with van der Waals surface area (Å²) in [4.78, 5) is 14.0. The predicted molar refractivity (Wildman–Crippen MR) is 55.7 cm³/mol. The van der Waals surface area contributed by atoms with E-state index in [0.29, 0.717) is 6.04 Å². The standard InChI is InChI=1S/C11H20N2O/c1-2-10(12)11(14)13(9-5-6-9)7-8-3-4-8/h8-10H,2-7,12H2,1H3/t10-/m0/s1. The van der Waals surface area contributed by atoms with Crippen LogP contribution in [-0.2, 0) is 4.79 Å². The van der Waals surface area contributed by atoms with E-state index in [-0.39, 0.29) is 11.9 Å². The van der Waals surface area contributed by atoms with Crippen LogP contribution in [0.4, 0.5) is 0 Å². The molecule has 2 aliphatic carbocycles. The first-order chi connectivity index (χ1) is 6.72. The maximum atomic E-state index is 11.9. The molecule has 2 rings (SSSR count). The largest absolute Gasteiger partial charge is 0.338 e. The van der Waals surface area contributed by atoms with E-state index in [4.69, 9.17) is 5.73 Å². The summed E-state index contributed by atoms with van der Waals surface area (Å²) in [5.74, 6) is 0.963. The molecular formula is C11H20N2O. The number of nitrogens with two attached hydrogens (primary N) is 1. The lowest BCUT2D eigenvalue weighted by Crippen LogP contribution is -2.45. The molecule has 1 amide bonds. The van der Waals surface area contributed by atoms with Gasteiger partial charge in [-0.25, -0.2) is 0 Å². The van der Waals surface area contributed by atoms with Gasteiger partial charge < -0.3 is 10.6 Å². The number of hydrogen-bond acceptors (Lipinski definition) is 2. The predicted octanol–water partition coefficient (Wildman–Crippen LogP) is 1.12. The molecule has 80 valence electrons. The zero-order chi connectivity index (χ0) is 10.1. The van der Waals surface area contributed by atoms with Crippen LogP contribution in [-0.4, -0.2) is 29.4 Å². The number of rotatable bonds is 5. The molecule has 0 aromatic heterocycles. The zero-order valence-corrected chi connectivity index (χ0v) is 8.91. The monoisotopic (exact) mass is 196 g/mol. The SMILES string of the molecule is CC[C@H](N)C(=O)N(CC1CC1)C1CC1. The van der Waals surface area contributed by atoms with Crippen LogP contribution in [0.1, 0.15) is 39.0 Å². The Hall–Kier alpha value is -0.570. The topological polar surface area (TPSA) is 46.3 Å². The van der Waals surface area contributed by atoms with Crippen molar-refractivity contribution in [1.29, 1.82) is 0 Å². The molecule has 0 spiro atoms. The summed E-state index contributed by atoms with van der Waals surface area (Å²) in [6.07, 6.45) is 5.74. The van der Waals surface area contributed by atoms with Crippen LogP contribution in [0.2, 0.25) is 0 Å². The van der Waals surface area contributed by atoms with Gasteiger partial charge in [-0.1, -0.05) is 6.92 Å². The number of carbonyl (C=O) groups excluding carboxylic acids is 1. The second-order valence-electron chi connectivity index (χ2n) is 4.68. The van der Waals surface area contributed by atoms with Gasteiger partial charge in [-0.3, -0.25) is 4.79 Å². The highest BCUT2D eigenvalue weighted by Crippen LogP contribution is 2.35. The van der Waals surface area contributed by atoms with Crippen LogP contribution in [0, 0.1) is 5.92 Å². The van der Waals surface area contributed by atoms with E-state index in [9.17, 15) is 4.79 Å². The number of nitrogens with zero attached hydrogens (tertiary/aromatic N) is 1. The smallest absolute Gasteiger partial charge is 0.239 e. The lowest BCUT2D eigenvalue weighted by Gasteiger charge is -2.25. The van der Waals surface area contributed by atoms with Gasteiger partial charge in [0, 0.05) is 12.6 Å². The second kappa shape index (κ2) is 3.89. The normalized spacial score (nSPS) is 23.3. The molecule has 0 radical (unpaired) electrons. The van der Waals surface area contributed by atoms with Crippen molar-refractivity contribution in [1.82, 2.24) is 4.90 Å². The van der Waals surface area contributed by atoms with Gasteiger partial charge in [-0.2, -0.15) is 0 Å². The summed E-state index contributed by atoms with van der Waals surface area (Å²) in [5, 5.41) is 0. The lowest BCUT2D eigenvalue weighted by molar-refractivity contribution is -0.133. The average molecular weight is 196 g/mol. The van der Waals surface area contributed by atoms with Gasteiger partial charge in [0.25, 0.3) is 0 Å². The third-order valence-corrected chi connectivity index (χ3v) is 3.18. The molecule has 0 heterocycles. The van der Waals surface area contributed by atoms with E-state index >= 15 is 0 Å². The van der Waals surface area contributed by atoms with Crippen LogP contribution < -0.4 is 5.73 Å². The third kappa shape index (κ3) is 2.27. The van der Waals surface area contributed by atoms with Crippen molar-refractivity contribution < 1.29 is 4.79 Å². The Kier molecular flexibility index (Phi) is 2.77. The Morgan fingerprint density at radius 3 is 2.50 bits per heavy atom. The fourth-order valence-corrected chi connectivity index (χ4v) is 1.77. The summed E-state index contributed by atoms with van der Waals surface area (Å²) in [6.45, 7) is 2.95. The van der Waals surface area contributed by atoms with E-state index < -0.39 is 0 Å². The maximum absolute atomic E-state index is 11.9. The molecule has 3 nitrogen and oxygen atoms in total. The summed E-state index contributed by atoms with van der Waals surface area (Å²) < 4.78 is 0. The maximum Gasteiger partial charge on any atom is 0.239 e. The molecule has 2 fully saturated rings. The van der Waals surface area contributed by atoms with Crippen molar-refractivity contribution in [2.75, 3.05) is 6.54 Å². The number of amides is 1. The van der Waals surface area contributed by atoms with Gasteiger partial charge in [-0.15, -0.1) is 0 Å². The molecular weight excluding hydrogens is 176 g/mol. The van der Waals surface area contributed by atoms with E-state index in [1.165, 1.54) is 25.7 Å². The summed E-state index contributed by atoms with van der Waals surface area (Å²) >= 11 is 0. The molecule has 2 aliphatic rings. The first-order valence-electron chi connectivity index (χ1n) is 5.78. The van der Waals surface area contributed by atoms with Crippen LogP contribution >= 0.6 is 0 Å². The molecule has 2 saturated carbocycles. The van der Waals surface area contributed by atoms with Crippen molar-refractivity contribution in [2.45, 2.75) is 51.1 Å². The Morgan fingerprint density at radius 1 is 1.43 bits per heavy atom. The number of hydrogen-bond donors (Lipinski definition) is 1. The van der Waals surface area contributed by atoms with Crippen molar-refractivity contribution in [3.05, 3.63) is 0 Å². The Balaban J connectivity index is 1.90. The van der Waals surface area contributed by atoms with Crippen molar-refractivity contribution >= 4 is 5.91 Å². The highest BCUT2D eigenvalue weighted by molar-refractivity contribution is 5.82. The molecule has 0 unspecified atom stereocenters. The molecule has 0 aromatic carbocycles. The fourth-order valence-electron chi connectivity index (χ4n) is 1.77. The van der Waals surface area contributed by atoms with Crippen LogP contribution in [0.15, 0.2) is 0 Å². The minimum Gasteiger partial charge on any atom is -0.338 e. The molecule has 0 bridgehead atoms. The second-order valence-corrected chi connectivity index (χ2v) is 4.68. The molecule has 0 saturated heterocycles. The molecule has 2 N–H and O–H groups in total. The van der Waals surface area contributed by atoms with Gasteiger partial charge in [0.15, 0.2) is 0 Å². The van der Waals surface area contributed by atoms with E-state index in [0.717, 1.165) is 18.9 Å². The first-order valence-corrected chi connectivity index (χ1v) is 5.78. The minimum absolute atomic E-state index is 0.182. The van der Waals surface area contributed by atoms with Crippen molar-refractivity contribution in [3.8, 4) is 0 Å². The van der Waals surface area contributed by atoms with Crippen LogP contribution in [0.5, 0.6) is 0 Å². The summed E-state index contributed by atoms with van der Waals surface area (Å²) in [5.41, 5.74) is 5.79. The van der Waals surface area contributed by atoms with Crippen molar-refractivity contribution in [3.63, 3.8) is 0 Å². The molecule has 1 atom stereocenters. The van der Waals surface area contributed by atoms with Crippen molar-refractivity contribution in [2.24, 2.45) is 11.7 Å². The van der Waals surface area contributed by atoms with Gasteiger partial charge in [0.05, 0.1) is 6.04 Å². The summed E-state index contributed by atoms with van der Waals surface area (Å²) in [6, 6.07) is 0.259.